The molecule has 1 aliphatic carbocycles. The topological polar surface area (TPSA) is 160 Å². The molecule has 0 atom stereocenters. The minimum atomic E-state index is -0.833. The lowest BCUT2D eigenvalue weighted by molar-refractivity contribution is 0.0141. The second-order valence-electron chi connectivity index (χ2n) is 9.08. The van der Waals surface area contributed by atoms with Gasteiger partial charge in [-0.1, -0.05) is 0 Å². The van der Waals surface area contributed by atoms with Gasteiger partial charge >= 0.3 is 18.2 Å². The Morgan fingerprint density at radius 1 is 1.03 bits per heavy atom. The summed E-state index contributed by atoms with van der Waals surface area (Å²) in [5, 5.41) is 5.26. The number of hydrogen-bond acceptors (Lipinski definition) is 5. The van der Waals surface area contributed by atoms with Crippen molar-refractivity contribution in [2.75, 3.05) is 31.5 Å². The van der Waals surface area contributed by atoms with Crippen LogP contribution in [0.1, 0.15) is 50.4 Å². The van der Waals surface area contributed by atoms with E-state index < -0.39 is 29.6 Å². The zero-order valence-electron chi connectivity index (χ0n) is 19.7. The van der Waals surface area contributed by atoms with Crippen molar-refractivity contribution in [1.29, 1.82) is 0 Å². The largest absolute Gasteiger partial charge is 0.444 e. The maximum atomic E-state index is 14.4. The van der Waals surface area contributed by atoms with Gasteiger partial charge in [0.05, 0.1) is 5.69 Å². The number of amides is 6. The zero-order chi connectivity index (χ0) is 25.5. The molecule has 188 valence electrons. The fourth-order valence-corrected chi connectivity index (χ4v) is 3.25. The average Bonchev–Trinajstić information content (AvgIpc) is 2.70. The van der Waals surface area contributed by atoms with Gasteiger partial charge in [-0.3, -0.25) is 4.79 Å². The molecule has 2 fully saturated rings. The van der Waals surface area contributed by atoms with Gasteiger partial charge < -0.3 is 36.6 Å². The molecule has 1 heterocycles. The summed E-state index contributed by atoms with van der Waals surface area (Å²) in [5.74, 6) is -0.986. The molecule has 0 unspecified atom stereocenters. The zero-order valence-corrected chi connectivity index (χ0v) is 19.7. The van der Waals surface area contributed by atoms with Crippen molar-refractivity contribution in [2.45, 2.75) is 51.7 Å². The third-order valence-electron chi connectivity index (χ3n) is 5.12. The fourth-order valence-electron chi connectivity index (χ4n) is 3.25. The number of nitrogens with two attached hydrogens (primary N) is 2. The molecule has 1 aromatic carbocycles. The van der Waals surface area contributed by atoms with Gasteiger partial charge in [-0.25, -0.2) is 18.8 Å². The number of nitrogens with zero attached hydrogens (tertiary/aromatic N) is 2. The Morgan fingerprint density at radius 2 is 1.59 bits per heavy atom. The molecule has 0 radical (unpaired) electrons. The molecule has 11 nitrogen and oxygen atoms in total. The summed E-state index contributed by atoms with van der Waals surface area (Å²) < 4.78 is 19.8. The van der Waals surface area contributed by atoms with E-state index in [4.69, 9.17) is 9.53 Å². The first-order chi connectivity index (χ1) is 15.9. The number of carbonyl (C=O) groups is 4. The van der Waals surface area contributed by atoms with E-state index in [1.165, 1.54) is 12.1 Å². The first-order valence-electron chi connectivity index (χ1n) is 11.0. The van der Waals surface area contributed by atoms with Crippen LogP contribution >= 0.6 is 0 Å². The molecule has 1 aliphatic heterocycles. The van der Waals surface area contributed by atoms with E-state index in [0.717, 1.165) is 25.3 Å². The van der Waals surface area contributed by atoms with E-state index in [1.54, 1.807) is 30.6 Å². The van der Waals surface area contributed by atoms with Crippen LogP contribution in [-0.2, 0) is 4.74 Å². The van der Waals surface area contributed by atoms with Crippen molar-refractivity contribution in [2.24, 2.45) is 11.5 Å². The summed E-state index contributed by atoms with van der Waals surface area (Å²) in [5.41, 5.74) is 8.15. The van der Waals surface area contributed by atoms with Crippen LogP contribution in [0.3, 0.4) is 0 Å². The Hall–Kier alpha value is -3.57. The number of nitrogens with one attached hydrogen (secondary N) is 2. The van der Waals surface area contributed by atoms with Crippen molar-refractivity contribution in [3.63, 3.8) is 0 Å². The number of anilines is 1. The summed E-state index contributed by atoms with van der Waals surface area (Å²) in [4.78, 5) is 48.9. The van der Waals surface area contributed by atoms with Crippen LogP contribution in [-0.4, -0.2) is 71.7 Å². The molecular formula is C22H33FN6O5. The second-order valence-corrected chi connectivity index (χ2v) is 9.08. The highest BCUT2D eigenvalue weighted by molar-refractivity contribution is 5.96. The Bertz CT molecular complexity index is 904. The number of carbonyl (C=O) groups excluding carboxylic acids is 4. The molecule has 2 aliphatic rings. The number of piperazine rings is 1. The quantitative estimate of drug-likeness (QED) is 0.521. The smallest absolute Gasteiger partial charge is 0.410 e. The van der Waals surface area contributed by atoms with Crippen LogP contribution in [0.5, 0.6) is 0 Å². The number of halogens is 1. The highest BCUT2D eigenvalue weighted by Crippen LogP contribution is 2.20. The monoisotopic (exact) mass is 480 g/mol. The number of urea groups is 2. The lowest BCUT2D eigenvalue weighted by Crippen LogP contribution is -2.51. The van der Waals surface area contributed by atoms with Gasteiger partial charge in [0.2, 0.25) is 0 Å². The lowest BCUT2D eigenvalue weighted by atomic mass is 9.93. The maximum absolute atomic E-state index is 14.4. The highest BCUT2D eigenvalue weighted by atomic mass is 19.1. The third kappa shape index (κ3) is 8.41. The number of primary amides is 2. The van der Waals surface area contributed by atoms with Gasteiger partial charge in [0.15, 0.2) is 0 Å². The summed E-state index contributed by atoms with van der Waals surface area (Å²) in [6, 6.07) is 2.87. The molecule has 1 saturated heterocycles. The molecule has 6 N–H and O–H groups in total. The Balaban J connectivity index is 0.000000945. The van der Waals surface area contributed by atoms with Gasteiger partial charge in [-0.15, -0.1) is 0 Å². The van der Waals surface area contributed by atoms with E-state index in [1.807, 2.05) is 0 Å². The van der Waals surface area contributed by atoms with Crippen molar-refractivity contribution in [3.8, 4) is 0 Å². The number of rotatable bonds is 3. The van der Waals surface area contributed by atoms with Crippen LogP contribution < -0.4 is 22.1 Å². The minimum absolute atomic E-state index is 0.0260. The molecule has 0 spiro atoms. The molecule has 6 amide bonds. The van der Waals surface area contributed by atoms with E-state index in [2.05, 4.69) is 22.1 Å². The molecule has 0 bridgehead atoms. The SMILES string of the molecule is CC(C)(C)OC(=O)N1CCN(C(=O)c2ccc(NC(=O)NC3CCC3)c(F)c2)CC1.NC(N)=O. The van der Waals surface area contributed by atoms with Crippen LogP contribution in [0.4, 0.5) is 24.5 Å². The molecular weight excluding hydrogens is 447 g/mol. The molecule has 0 aromatic heterocycles. The highest BCUT2D eigenvalue weighted by Gasteiger charge is 2.28. The molecule has 1 aromatic rings. The molecule has 3 rings (SSSR count). The van der Waals surface area contributed by atoms with Crippen LogP contribution in [0.15, 0.2) is 18.2 Å². The maximum Gasteiger partial charge on any atom is 0.410 e. The molecule has 1 saturated carbocycles. The first-order valence-corrected chi connectivity index (χ1v) is 11.0. The summed E-state index contributed by atoms with van der Waals surface area (Å²) in [6.07, 6.45) is 2.55. The first kappa shape index (κ1) is 26.7. The van der Waals surface area contributed by atoms with Gasteiger partial charge in [0, 0.05) is 37.8 Å². The molecule has 12 heteroatoms. The molecule has 34 heavy (non-hydrogen) atoms. The third-order valence-corrected chi connectivity index (χ3v) is 5.12. The number of hydrogen-bond donors (Lipinski definition) is 4. The van der Waals surface area contributed by atoms with Gasteiger partial charge in [-0.05, 0) is 58.2 Å². The van der Waals surface area contributed by atoms with Gasteiger partial charge in [0.1, 0.15) is 11.4 Å². The Labute approximate surface area is 197 Å². The van der Waals surface area contributed by atoms with Crippen LogP contribution in [0, 0.1) is 5.82 Å². The van der Waals surface area contributed by atoms with Crippen molar-refractivity contribution >= 4 is 29.8 Å². The normalized spacial score (nSPS) is 15.9. The van der Waals surface area contributed by atoms with Gasteiger partial charge in [-0.2, -0.15) is 0 Å². The summed E-state index contributed by atoms with van der Waals surface area (Å²) in [7, 11) is 0. The van der Waals surface area contributed by atoms with Gasteiger partial charge in [0.25, 0.3) is 5.91 Å². The van der Waals surface area contributed by atoms with E-state index in [9.17, 15) is 18.8 Å². The minimum Gasteiger partial charge on any atom is -0.444 e. The van der Waals surface area contributed by atoms with Crippen LogP contribution in [0.2, 0.25) is 0 Å². The van der Waals surface area contributed by atoms with E-state index in [-0.39, 0.29) is 23.2 Å². The van der Waals surface area contributed by atoms with Crippen molar-refractivity contribution in [3.05, 3.63) is 29.6 Å². The predicted molar refractivity (Wildman–Crippen MR) is 124 cm³/mol. The van der Waals surface area contributed by atoms with Crippen molar-refractivity contribution < 1.29 is 28.3 Å². The van der Waals surface area contributed by atoms with E-state index >= 15 is 0 Å². The number of benzene rings is 1. The van der Waals surface area contributed by atoms with Crippen LogP contribution in [0.25, 0.3) is 0 Å². The average molecular weight is 481 g/mol. The standard InChI is InChI=1S/C21H29FN4O4.CH4N2O/c1-21(2,3)30-20(29)26-11-9-25(10-12-26)18(27)14-7-8-17(16(22)13-14)24-19(28)23-15-5-4-6-15;2-1(3)4/h7-8,13,15H,4-6,9-12H2,1-3H3,(H2,23,24,28);(H4,2,3,4). The Kier molecular flexibility index (Phi) is 9.04. The second kappa shape index (κ2) is 11.5. The predicted octanol–water partition coefficient (Wildman–Crippen LogP) is 2.22. The Morgan fingerprint density at radius 3 is 2.06 bits per heavy atom. The summed E-state index contributed by atoms with van der Waals surface area (Å²) in [6.45, 7) is 6.78. The van der Waals surface area contributed by atoms with E-state index in [0.29, 0.717) is 26.2 Å². The van der Waals surface area contributed by atoms with Crippen molar-refractivity contribution in [1.82, 2.24) is 15.1 Å². The lowest BCUT2D eigenvalue weighted by Gasteiger charge is -2.35. The fraction of sp³-hybridized carbons (Fsp3) is 0.545. The number of ether oxygens (including phenoxy) is 1. The summed E-state index contributed by atoms with van der Waals surface area (Å²) >= 11 is 0.